The third kappa shape index (κ3) is 5.37. The summed E-state index contributed by atoms with van der Waals surface area (Å²) < 4.78 is 5.49. The highest BCUT2D eigenvalue weighted by Gasteiger charge is 2.26. The Morgan fingerprint density at radius 2 is 2.29 bits per heavy atom. The number of amides is 2. The topological polar surface area (TPSA) is 53.6 Å². The molecule has 1 fully saturated rings. The van der Waals surface area contributed by atoms with E-state index in [4.69, 9.17) is 4.74 Å². The molecule has 0 aromatic carbocycles. The van der Waals surface area contributed by atoms with E-state index in [1.165, 1.54) is 12.8 Å². The van der Waals surface area contributed by atoms with E-state index in [-0.39, 0.29) is 12.1 Å². The maximum atomic E-state index is 11.4. The molecule has 0 aromatic heterocycles. The lowest BCUT2D eigenvalue weighted by Gasteiger charge is -2.19. The predicted octanol–water partition coefficient (Wildman–Crippen LogP) is 0.806. The third-order valence-electron chi connectivity index (χ3n) is 2.95. The molecule has 0 aromatic rings. The Balaban J connectivity index is 1.92. The van der Waals surface area contributed by atoms with Crippen LogP contribution in [0.5, 0.6) is 0 Å². The van der Waals surface area contributed by atoms with Crippen molar-refractivity contribution in [3.8, 4) is 0 Å². The molecule has 1 heterocycles. The molecular formula is C12H25N3O2. The molecule has 1 atom stereocenters. The van der Waals surface area contributed by atoms with E-state index in [9.17, 15) is 4.79 Å². The number of hydrogen-bond donors (Lipinski definition) is 2. The van der Waals surface area contributed by atoms with E-state index < -0.39 is 0 Å². The fourth-order valence-corrected chi connectivity index (χ4v) is 1.80. The Morgan fingerprint density at radius 1 is 1.47 bits per heavy atom. The smallest absolute Gasteiger partial charge is 0.317 e. The summed E-state index contributed by atoms with van der Waals surface area (Å²) in [6.45, 7) is 8.94. The molecule has 0 aliphatic carbocycles. The first-order valence-electron chi connectivity index (χ1n) is 6.58. The van der Waals surface area contributed by atoms with Crippen LogP contribution in [0.4, 0.5) is 4.79 Å². The summed E-state index contributed by atoms with van der Waals surface area (Å²) in [6.07, 6.45) is 2.43. The minimum absolute atomic E-state index is 0.0298. The van der Waals surface area contributed by atoms with Crippen molar-refractivity contribution in [1.82, 2.24) is 15.5 Å². The van der Waals surface area contributed by atoms with E-state index in [1.807, 2.05) is 11.8 Å². The zero-order chi connectivity index (χ0) is 12.5. The van der Waals surface area contributed by atoms with Crippen LogP contribution in [0.15, 0.2) is 0 Å². The lowest BCUT2D eigenvalue weighted by Crippen LogP contribution is -2.35. The second-order valence-electron chi connectivity index (χ2n) is 4.44. The van der Waals surface area contributed by atoms with Crippen molar-refractivity contribution in [3.63, 3.8) is 0 Å². The minimum Gasteiger partial charge on any atom is -0.378 e. The van der Waals surface area contributed by atoms with Crippen LogP contribution in [0, 0.1) is 0 Å². The number of urea groups is 1. The van der Waals surface area contributed by atoms with E-state index >= 15 is 0 Å². The molecule has 1 saturated heterocycles. The van der Waals surface area contributed by atoms with Crippen molar-refractivity contribution in [1.29, 1.82) is 0 Å². The molecule has 1 rings (SSSR count). The predicted molar refractivity (Wildman–Crippen MR) is 68.2 cm³/mol. The van der Waals surface area contributed by atoms with Crippen LogP contribution >= 0.6 is 0 Å². The average molecular weight is 243 g/mol. The van der Waals surface area contributed by atoms with Gasteiger partial charge in [0.15, 0.2) is 0 Å². The molecule has 0 spiro atoms. The molecule has 1 aliphatic heterocycles. The summed E-state index contributed by atoms with van der Waals surface area (Å²) in [6, 6.07) is 0.316. The van der Waals surface area contributed by atoms with Crippen LogP contribution < -0.4 is 10.6 Å². The average Bonchev–Trinajstić information content (AvgIpc) is 2.63. The standard InChI is InChI=1S/C12H25N3O2/c1-3-4-5-13-6-8-17-9-7-15-11(2)10-14-12(15)16/h11,13H,3-10H2,1-2H3,(H,14,16). The van der Waals surface area contributed by atoms with E-state index in [2.05, 4.69) is 17.6 Å². The quantitative estimate of drug-likeness (QED) is 0.589. The van der Waals surface area contributed by atoms with Crippen LogP contribution in [0.2, 0.25) is 0 Å². The van der Waals surface area contributed by atoms with Crippen LogP contribution in [0.25, 0.3) is 0 Å². The van der Waals surface area contributed by atoms with Crippen LogP contribution in [-0.2, 0) is 4.74 Å². The monoisotopic (exact) mass is 243 g/mol. The Bertz CT molecular complexity index is 224. The van der Waals surface area contributed by atoms with E-state index in [0.717, 1.165) is 19.6 Å². The van der Waals surface area contributed by atoms with Gasteiger partial charge >= 0.3 is 6.03 Å². The van der Waals surface area contributed by atoms with Gasteiger partial charge in [-0.25, -0.2) is 4.79 Å². The molecule has 100 valence electrons. The summed E-state index contributed by atoms with van der Waals surface area (Å²) >= 11 is 0. The molecule has 1 unspecified atom stereocenters. The van der Waals surface area contributed by atoms with Gasteiger partial charge in [0.25, 0.3) is 0 Å². The summed E-state index contributed by atoms with van der Waals surface area (Å²) in [5, 5.41) is 6.13. The molecular weight excluding hydrogens is 218 g/mol. The number of ether oxygens (including phenoxy) is 1. The molecule has 0 saturated carbocycles. The number of unbranched alkanes of at least 4 members (excludes halogenated alkanes) is 1. The van der Waals surface area contributed by atoms with Gasteiger partial charge in [0.1, 0.15) is 0 Å². The van der Waals surface area contributed by atoms with Gasteiger partial charge in [0, 0.05) is 25.7 Å². The van der Waals surface area contributed by atoms with Gasteiger partial charge in [-0.3, -0.25) is 0 Å². The second kappa shape index (κ2) is 8.31. The number of hydrogen-bond acceptors (Lipinski definition) is 3. The molecule has 0 radical (unpaired) electrons. The summed E-state index contributed by atoms with van der Waals surface area (Å²) in [7, 11) is 0. The largest absolute Gasteiger partial charge is 0.378 e. The van der Waals surface area contributed by atoms with Gasteiger partial charge in [0.2, 0.25) is 0 Å². The Labute approximate surface area is 104 Å². The number of carbonyl (C=O) groups excluding carboxylic acids is 1. The molecule has 5 heteroatoms. The van der Waals surface area contributed by atoms with Gasteiger partial charge < -0.3 is 20.3 Å². The Hall–Kier alpha value is -0.810. The number of rotatable bonds is 9. The van der Waals surface area contributed by atoms with Crippen molar-refractivity contribution in [2.75, 3.05) is 39.4 Å². The maximum Gasteiger partial charge on any atom is 0.317 e. The van der Waals surface area contributed by atoms with Gasteiger partial charge in [-0.05, 0) is 19.9 Å². The zero-order valence-electron chi connectivity index (χ0n) is 11.0. The first-order valence-corrected chi connectivity index (χ1v) is 6.58. The lowest BCUT2D eigenvalue weighted by atomic mass is 10.3. The SMILES string of the molecule is CCCCNCCOCCN1C(=O)NCC1C. The summed E-state index contributed by atoms with van der Waals surface area (Å²) in [5.74, 6) is 0. The first kappa shape index (κ1) is 14.3. The van der Waals surface area contributed by atoms with Crippen LogP contribution in [-0.4, -0.2) is 56.4 Å². The third-order valence-corrected chi connectivity index (χ3v) is 2.95. The van der Waals surface area contributed by atoms with Crippen molar-refractivity contribution >= 4 is 6.03 Å². The van der Waals surface area contributed by atoms with Crippen LogP contribution in [0.1, 0.15) is 26.7 Å². The molecule has 5 nitrogen and oxygen atoms in total. The summed E-state index contributed by atoms with van der Waals surface area (Å²) in [4.78, 5) is 13.2. The number of carbonyl (C=O) groups is 1. The highest BCUT2D eigenvalue weighted by Crippen LogP contribution is 2.04. The normalized spacial score (nSPS) is 19.8. The van der Waals surface area contributed by atoms with E-state index in [1.54, 1.807) is 0 Å². The molecule has 2 amide bonds. The Morgan fingerprint density at radius 3 is 2.94 bits per heavy atom. The fourth-order valence-electron chi connectivity index (χ4n) is 1.80. The van der Waals surface area contributed by atoms with Gasteiger partial charge in [0.05, 0.1) is 13.2 Å². The molecule has 1 aliphatic rings. The zero-order valence-corrected chi connectivity index (χ0v) is 11.0. The minimum atomic E-state index is 0.0298. The van der Waals surface area contributed by atoms with Gasteiger partial charge in [-0.1, -0.05) is 13.3 Å². The highest BCUT2D eigenvalue weighted by atomic mass is 16.5. The highest BCUT2D eigenvalue weighted by molar-refractivity contribution is 5.76. The molecule has 2 N–H and O–H groups in total. The first-order chi connectivity index (χ1) is 8.25. The van der Waals surface area contributed by atoms with Crippen molar-refractivity contribution in [3.05, 3.63) is 0 Å². The van der Waals surface area contributed by atoms with Gasteiger partial charge in [-0.2, -0.15) is 0 Å². The Kier molecular flexibility index (Phi) is 6.96. The maximum absolute atomic E-state index is 11.4. The second-order valence-corrected chi connectivity index (χ2v) is 4.44. The molecule has 0 bridgehead atoms. The van der Waals surface area contributed by atoms with E-state index in [0.29, 0.717) is 19.8 Å². The number of nitrogens with one attached hydrogen (secondary N) is 2. The number of nitrogens with zero attached hydrogens (tertiary/aromatic N) is 1. The lowest BCUT2D eigenvalue weighted by molar-refractivity contribution is 0.110. The fraction of sp³-hybridized carbons (Fsp3) is 0.917. The van der Waals surface area contributed by atoms with Crippen molar-refractivity contribution in [2.45, 2.75) is 32.7 Å². The molecule has 17 heavy (non-hydrogen) atoms. The summed E-state index contributed by atoms with van der Waals surface area (Å²) in [5.41, 5.74) is 0. The van der Waals surface area contributed by atoms with Crippen molar-refractivity contribution in [2.24, 2.45) is 0 Å². The van der Waals surface area contributed by atoms with Gasteiger partial charge in [-0.15, -0.1) is 0 Å². The van der Waals surface area contributed by atoms with Crippen molar-refractivity contribution < 1.29 is 9.53 Å². The van der Waals surface area contributed by atoms with Crippen LogP contribution in [0.3, 0.4) is 0 Å².